The van der Waals surface area contributed by atoms with Crippen molar-refractivity contribution < 1.29 is 0 Å². The van der Waals surface area contributed by atoms with Gasteiger partial charge < -0.3 is 5.32 Å². The van der Waals surface area contributed by atoms with Crippen LogP contribution >= 0.6 is 11.3 Å². The van der Waals surface area contributed by atoms with E-state index < -0.39 is 0 Å². The van der Waals surface area contributed by atoms with Gasteiger partial charge in [-0.05, 0) is 54.6 Å². The fourth-order valence-electron chi connectivity index (χ4n) is 1.99. The maximum Gasteiger partial charge on any atom is 0.0328 e. The Labute approximate surface area is 90.5 Å². The highest BCUT2D eigenvalue weighted by Crippen LogP contribution is 2.36. The molecule has 1 aliphatic rings. The average Bonchev–Trinajstić information content (AvgIpc) is 2.92. The Morgan fingerprint density at radius 1 is 1.50 bits per heavy atom. The summed E-state index contributed by atoms with van der Waals surface area (Å²) < 4.78 is 0. The Morgan fingerprint density at radius 3 is 2.79 bits per heavy atom. The SMILES string of the molecule is CNC(CCC1CC1)c1cscc1C. The van der Waals surface area contributed by atoms with E-state index in [1.54, 1.807) is 0 Å². The molecule has 0 saturated heterocycles. The number of thiophene rings is 1. The van der Waals surface area contributed by atoms with E-state index >= 15 is 0 Å². The second-order valence-corrected chi connectivity index (χ2v) is 5.12. The van der Waals surface area contributed by atoms with Crippen LogP contribution in [-0.4, -0.2) is 7.05 Å². The molecule has 1 aromatic heterocycles. The van der Waals surface area contributed by atoms with Crippen LogP contribution in [0.15, 0.2) is 10.8 Å². The molecule has 2 rings (SSSR count). The van der Waals surface area contributed by atoms with Crippen molar-refractivity contribution in [3.63, 3.8) is 0 Å². The molecule has 0 bridgehead atoms. The van der Waals surface area contributed by atoms with Gasteiger partial charge in [-0.15, -0.1) is 0 Å². The molecule has 1 atom stereocenters. The van der Waals surface area contributed by atoms with Gasteiger partial charge in [-0.1, -0.05) is 12.8 Å². The van der Waals surface area contributed by atoms with Crippen LogP contribution in [0.5, 0.6) is 0 Å². The Morgan fingerprint density at radius 2 is 2.29 bits per heavy atom. The van der Waals surface area contributed by atoms with Crippen molar-refractivity contribution in [2.75, 3.05) is 7.05 Å². The van der Waals surface area contributed by atoms with Crippen molar-refractivity contribution in [3.05, 3.63) is 21.9 Å². The van der Waals surface area contributed by atoms with Crippen molar-refractivity contribution >= 4 is 11.3 Å². The normalized spacial score (nSPS) is 18.4. The molecule has 1 aliphatic carbocycles. The highest BCUT2D eigenvalue weighted by molar-refractivity contribution is 7.08. The van der Waals surface area contributed by atoms with Crippen LogP contribution in [0.2, 0.25) is 0 Å². The molecule has 0 spiro atoms. The predicted octanol–water partition coefficient (Wildman–Crippen LogP) is 3.51. The van der Waals surface area contributed by atoms with Crippen LogP contribution in [0, 0.1) is 12.8 Å². The Bertz CT molecular complexity index is 288. The standard InChI is InChI=1S/C12H19NS/c1-9-7-14-8-11(9)12(13-2)6-5-10-3-4-10/h7-8,10,12-13H,3-6H2,1-2H3. The van der Waals surface area contributed by atoms with Crippen LogP contribution < -0.4 is 5.32 Å². The van der Waals surface area contributed by atoms with Gasteiger partial charge in [0.05, 0.1) is 0 Å². The smallest absolute Gasteiger partial charge is 0.0328 e. The maximum absolute atomic E-state index is 3.44. The van der Waals surface area contributed by atoms with E-state index in [-0.39, 0.29) is 0 Å². The largest absolute Gasteiger partial charge is 0.313 e. The van der Waals surface area contributed by atoms with Crippen LogP contribution in [0.4, 0.5) is 0 Å². The molecule has 78 valence electrons. The first kappa shape index (κ1) is 10.2. The summed E-state index contributed by atoms with van der Waals surface area (Å²) in [6, 6.07) is 0.585. The zero-order chi connectivity index (χ0) is 9.97. The van der Waals surface area contributed by atoms with E-state index in [1.807, 2.05) is 11.3 Å². The Kier molecular flexibility index (Phi) is 3.24. The molecule has 1 heterocycles. The molecule has 1 nitrogen and oxygen atoms in total. The lowest BCUT2D eigenvalue weighted by molar-refractivity contribution is 0.506. The minimum Gasteiger partial charge on any atom is -0.313 e. The predicted molar refractivity (Wildman–Crippen MR) is 62.8 cm³/mol. The zero-order valence-corrected chi connectivity index (χ0v) is 9.86. The number of aryl methyl sites for hydroxylation is 1. The molecular weight excluding hydrogens is 190 g/mol. The monoisotopic (exact) mass is 209 g/mol. The summed E-state index contributed by atoms with van der Waals surface area (Å²) in [5, 5.41) is 7.98. The Balaban J connectivity index is 1.93. The summed E-state index contributed by atoms with van der Waals surface area (Å²) in [6.07, 6.45) is 5.65. The third-order valence-corrected chi connectivity index (χ3v) is 4.06. The molecule has 1 saturated carbocycles. The first-order valence-electron chi connectivity index (χ1n) is 5.51. The molecule has 0 aliphatic heterocycles. The minimum atomic E-state index is 0.585. The number of hydrogen-bond acceptors (Lipinski definition) is 2. The first-order valence-corrected chi connectivity index (χ1v) is 6.45. The number of hydrogen-bond donors (Lipinski definition) is 1. The summed E-state index contributed by atoms with van der Waals surface area (Å²) in [4.78, 5) is 0. The number of nitrogens with one attached hydrogen (secondary N) is 1. The molecule has 1 fully saturated rings. The quantitative estimate of drug-likeness (QED) is 0.782. The molecule has 0 amide bonds. The summed E-state index contributed by atoms with van der Waals surface area (Å²) in [5.41, 5.74) is 2.96. The topological polar surface area (TPSA) is 12.0 Å². The molecule has 14 heavy (non-hydrogen) atoms. The number of rotatable bonds is 5. The van der Waals surface area contributed by atoms with E-state index in [0.717, 1.165) is 5.92 Å². The second-order valence-electron chi connectivity index (χ2n) is 4.37. The van der Waals surface area contributed by atoms with E-state index in [9.17, 15) is 0 Å². The highest BCUT2D eigenvalue weighted by Gasteiger charge is 2.23. The molecule has 0 radical (unpaired) electrons. The van der Waals surface area contributed by atoms with Crippen LogP contribution in [0.1, 0.15) is 42.9 Å². The molecule has 0 aromatic carbocycles. The summed E-state index contributed by atoms with van der Waals surface area (Å²) >= 11 is 1.82. The van der Waals surface area contributed by atoms with Gasteiger partial charge in [-0.25, -0.2) is 0 Å². The zero-order valence-electron chi connectivity index (χ0n) is 9.05. The van der Waals surface area contributed by atoms with E-state index in [2.05, 4.69) is 30.0 Å². The molecular formula is C12H19NS. The van der Waals surface area contributed by atoms with Gasteiger partial charge in [0.1, 0.15) is 0 Å². The highest BCUT2D eigenvalue weighted by atomic mass is 32.1. The Hall–Kier alpha value is -0.340. The van der Waals surface area contributed by atoms with Crippen molar-refractivity contribution in [1.29, 1.82) is 0 Å². The molecule has 2 heteroatoms. The van der Waals surface area contributed by atoms with Gasteiger partial charge in [0.25, 0.3) is 0 Å². The van der Waals surface area contributed by atoms with Crippen LogP contribution in [0.3, 0.4) is 0 Å². The summed E-state index contributed by atoms with van der Waals surface area (Å²) in [5.74, 6) is 1.05. The summed E-state index contributed by atoms with van der Waals surface area (Å²) in [6.45, 7) is 2.22. The molecule has 1 aromatic rings. The minimum absolute atomic E-state index is 0.585. The fourth-order valence-corrected chi connectivity index (χ4v) is 2.90. The second kappa shape index (κ2) is 4.45. The van der Waals surface area contributed by atoms with E-state index in [1.165, 1.54) is 36.8 Å². The van der Waals surface area contributed by atoms with Gasteiger partial charge in [-0.2, -0.15) is 11.3 Å². The van der Waals surface area contributed by atoms with Crippen molar-refractivity contribution in [2.24, 2.45) is 5.92 Å². The van der Waals surface area contributed by atoms with Gasteiger partial charge in [0.2, 0.25) is 0 Å². The maximum atomic E-state index is 3.44. The lowest BCUT2D eigenvalue weighted by atomic mass is 10.0. The fraction of sp³-hybridized carbons (Fsp3) is 0.667. The van der Waals surface area contributed by atoms with E-state index in [0.29, 0.717) is 6.04 Å². The third kappa shape index (κ3) is 2.37. The van der Waals surface area contributed by atoms with Gasteiger partial charge in [-0.3, -0.25) is 0 Å². The summed E-state index contributed by atoms with van der Waals surface area (Å²) in [7, 11) is 2.08. The third-order valence-electron chi connectivity index (χ3n) is 3.18. The van der Waals surface area contributed by atoms with Gasteiger partial charge >= 0.3 is 0 Å². The lowest BCUT2D eigenvalue weighted by Crippen LogP contribution is -2.16. The van der Waals surface area contributed by atoms with Crippen LogP contribution in [0.25, 0.3) is 0 Å². The lowest BCUT2D eigenvalue weighted by Gasteiger charge is -2.15. The first-order chi connectivity index (χ1) is 6.81. The van der Waals surface area contributed by atoms with Gasteiger partial charge in [0, 0.05) is 6.04 Å². The average molecular weight is 209 g/mol. The van der Waals surface area contributed by atoms with Crippen molar-refractivity contribution in [1.82, 2.24) is 5.32 Å². The van der Waals surface area contributed by atoms with Crippen molar-refractivity contribution in [3.8, 4) is 0 Å². The van der Waals surface area contributed by atoms with Gasteiger partial charge in [0.15, 0.2) is 0 Å². The van der Waals surface area contributed by atoms with Crippen molar-refractivity contribution in [2.45, 2.75) is 38.6 Å². The van der Waals surface area contributed by atoms with E-state index in [4.69, 9.17) is 0 Å². The molecule has 1 N–H and O–H groups in total. The molecule has 1 unspecified atom stereocenters. The van der Waals surface area contributed by atoms with Crippen LogP contribution in [-0.2, 0) is 0 Å².